The second kappa shape index (κ2) is 5.68. The minimum Gasteiger partial charge on any atom is -0.388 e. The summed E-state index contributed by atoms with van der Waals surface area (Å²) in [5.41, 5.74) is 2.48. The van der Waals surface area contributed by atoms with E-state index in [1.807, 2.05) is 0 Å². The van der Waals surface area contributed by atoms with Crippen molar-refractivity contribution in [3.05, 3.63) is 35.4 Å². The first-order valence-corrected chi connectivity index (χ1v) is 6.99. The number of hydrogen-bond donors (Lipinski definition) is 1. The molecule has 0 amide bonds. The van der Waals surface area contributed by atoms with Gasteiger partial charge in [0.2, 0.25) is 0 Å². The topological polar surface area (TPSA) is 20.2 Å². The van der Waals surface area contributed by atoms with E-state index < -0.39 is 0 Å². The average Bonchev–Trinajstić information content (AvgIpc) is 3.19. The second-order valence-electron chi connectivity index (χ2n) is 5.49. The molecule has 0 heterocycles. The van der Waals surface area contributed by atoms with Crippen molar-refractivity contribution < 1.29 is 5.11 Å². The lowest BCUT2D eigenvalue weighted by atomic mass is 9.92. The van der Waals surface area contributed by atoms with Gasteiger partial charge in [0.15, 0.2) is 0 Å². The van der Waals surface area contributed by atoms with Crippen molar-refractivity contribution in [2.45, 2.75) is 52.1 Å². The highest BCUT2D eigenvalue weighted by molar-refractivity contribution is 5.25. The summed E-state index contributed by atoms with van der Waals surface area (Å²) < 4.78 is 0. The molecule has 1 aliphatic rings. The van der Waals surface area contributed by atoms with Crippen molar-refractivity contribution in [3.8, 4) is 0 Å². The maximum absolute atomic E-state index is 10.3. The molecule has 2 rings (SSSR count). The van der Waals surface area contributed by atoms with Crippen molar-refractivity contribution in [1.29, 1.82) is 0 Å². The molecule has 2 unspecified atom stereocenters. The Morgan fingerprint density at radius 2 is 1.88 bits per heavy atom. The summed E-state index contributed by atoms with van der Waals surface area (Å²) >= 11 is 0. The predicted molar refractivity (Wildman–Crippen MR) is 71.9 cm³/mol. The van der Waals surface area contributed by atoms with Gasteiger partial charge in [-0.15, -0.1) is 0 Å². The minimum atomic E-state index is -0.275. The van der Waals surface area contributed by atoms with E-state index in [1.165, 1.54) is 31.2 Å². The lowest BCUT2D eigenvalue weighted by Gasteiger charge is -2.19. The fourth-order valence-electron chi connectivity index (χ4n) is 2.45. The van der Waals surface area contributed by atoms with Gasteiger partial charge in [0.05, 0.1) is 6.10 Å². The van der Waals surface area contributed by atoms with Crippen LogP contribution in [0.25, 0.3) is 0 Å². The van der Waals surface area contributed by atoms with E-state index in [2.05, 4.69) is 38.1 Å². The van der Waals surface area contributed by atoms with E-state index in [0.29, 0.717) is 5.92 Å². The van der Waals surface area contributed by atoms with Crippen LogP contribution in [0.4, 0.5) is 0 Å². The van der Waals surface area contributed by atoms with E-state index in [-0.39, 0.29) is 6.10 Å². The molecule has 1 aromatic rings. The third-order valence-corrected chi connectivity index (χ3v) is 4.00. The van der Waals surface area contributed by atoms with Crippen LogP contribution in [0.3, 0.4) is 0 Å². The molecular formula is C16H24O. The Kier molecular flexibility index (Phi) is 4.22. The first-order valence-electron chi connectivity index (χ1n) is 6.99. The number of unbranched alkanes of at least 4 members (excludes halogenated alkanes) is 1. The predicted octanol–water partition coefficient (Wildman–Crippen LogP) is 4.11. The van der Waals surface area contributed by atoms with Gasteiger partial charge in [-0.05, 0) is 48.6 Å². The third kappa shape index (κ3) is 3.32. The fourth-order valence-corrected chi connectivity index (χ4v) is 2.45. The molecule has 1 nitrogen and oxygen atoms in total. The molecular weight excluding hydrogens is 208 g/mol. The normalized spacial score (nSPS) is 19.0. The number of rotatable bonds is 6. The quantitative estimate of drug-likeness (QED) is 0.782. The van der Waals surface area contributed by atoms with E-state index in [0.717, 1.165) is 17.9 Å². The van der Waals surface area contributed by atoms with Crippen LogP contribution in [-0.4, -0.2) is 5.11 Å². The molecule has 1 aromatic carbocycles. The Bertz CT molecular complexity index is 337. The molecule has 0 radical (unpaired) electrons. The minimum absolute atomic E-state index is 0.275. The van der Waals surface area contributed by atoms with E-state index >= 15 is 0 Å². The Morgan fingerprint density at radius 1 is 1.24 bits per heavy atom. The Labute approximate surface area is 105 Å². The van der Waals surface area contributed by atoms with Gasteiger partial charge < -0.3 is 5.11 Å². The van der Waals surface area contributed by atoms with Gasteiger partial charge in [0, 0.05) is 0 Å². The summed E-state index contributed by atoms with van der Waals surface area (Å²) in [6, 6.07) is 8.56. The molecule has 0 aromatic heterocycles. The Hall–Kier alpha value is -0.820. The number of benzene rings is 1. The number of aliphatic hydroxyl groups excluding tert-OH is 1. The summed E-state index contributed by atoms with van der Waals surface area (Å²) in [7, 11) is 0. The molecule has 17 heavy (non-hydrogen) atoms. The zero-order valence-electron chi connectivity index (χ0n) is 11.0. The molecule has 1 saturated carbocycles. The summed E-state index contributed by atoms with van der Waals surface area (Å²) in [6.07, 6.45) is 5.97. The van der Waals surface area contributed by atoms with E-state index in [9.17, 15) is 5.11 Å². The van der Waals surface area contributed by atoms with Crippen LogP contribution in [0.1, 0.15) is 56.8 Å². The SMILES string of the molecule is CCCCc1ccc(C(O)C(C)C2CC2)cc1. The van der Waals surface area contributed by atoms with Crippen LogP contribution < -0.4 is 0 Å². The van der Waals surface area contributed by atoms with Crippen LogP contribution in [0, 0.1) is 11.8 Å². The standard InChI is InChI=1S/C16H24O/c1-3-4-5-13-6-8-15(9-7-13)16(17)12(2)14-10-11-14/h6-9,12,14,16-17H,3-5,10-11H2,1-2H3. The Balaban J connectivity index is 1.96. The first kappa shape index (κ1) is 12.6. The number of aryl methyl sites for hydroxylation is 1. The molecule has 94 valence electrons. The van der Waals surface area contributed by atoms with Gasteiger partial charge in [-0.3, -0.25) is 0 Å². The van der Waals surface area contributed by atoms with Crippen molar-refractivity contribution >= 4 is 0 Å². The highest BCUT2D eigenvalue weighted by Crippen LogP contribution is 2.42. The van der Waals surface area contributed by atoms with Crippen LogP contribution in [-0.2, 0) is 6.42 Å². The summed E-state index contributed by atoms with van der Waals surface area (Å²) in [5, 5.41) is 10.3. The molecule has 1 aliphatic carbocycles. The summed E-state index contributed by atoms with van der Waals surface area (Å²) in [4.78, 5) is 0. The molecule has 2 atom stereocenters. The molecule has 0 spiro atoms. The Morgan fingerprint density at radius 3 is 2.41 bits per heavy atom. The van der Waals surface area contributed by atoms with Crippen LogP contribution in [0.5, 0.6) is 0 Å². The number of hydrogen-bond acceptors (Lipinski definition) is 1. The van der Waals surface area contributed by atoms with Gasteiger partial charge in [-0.25, -0.2) is 0 Å². The first-order chi connectivity index (χ1) is 8.22. The smallest absolute Gasteiger partial charge is 0.0818 e. The lowest BCUT2D eigenvalue weighted by molar-refractivity contribution is 0.106. The molecule has 1 fully saturated rings. The highest BCUT2D eigenvalue weighted by atomic mass is 16.3. The third-order valence-electron chi connectivity index (χ3n) is 4.00. The monoisotopic (exact) mass is 232 g/mol. The van der Waals surface area contributed by atoms with Gasteiger partial charge in [0.25, 0.3) is 0 Å². The van der Waals surface area contributed by atoms with E-state index in [4.69, 9.17) is 0 Å². The second-order valence-corrected chi connectivity index (χ2v) is 5.49. The van der Waals surface area contributed by atoms with Crippen molar-refractivity contribution in [2.75, 3.05) is 0 Å². The largest absolute Gasteiger partial charge is 0.388 e. The van der Waals surface area contributed by atoms with Crippen LogP contribution in [0.2, 0.25) is 0 Å². The fraction of sp³-hybridized carbons (Fsp3) is 0.625. The summed E-state index contributed by atoms with van der Waals surface area (Å²) in [6.45, 7) is 4.39. The maximum atomic E-state index is 10.3. The highest BCUT2D eigenvalue weighted by Gasteiger charge is 2.32. The van der Waals surface area contributed by atoms with Crippen molar-refractivity contribution in [3.63, 3.8) is 0 Å². The van der Waals surface area contributed by atoms with E-state index in [1.54, 1.807) is 0 Å². The summed E-state index contributed by atoms with van der Waals surface area (Å²) in [5.74, 6) is 1.17. The lowest BCUT2D eigenvalue weighted by Crippen LogP contribution is -2.11. The molecule has 0 saturated heterocycles. The van der Waals surface area contributed by atoms with Gasteiger partial charge in [-0.2, -0.15) is 0 Å². The zero-order valence-corrected chi connectivity index (χ0v) is 11.0. The van der Waals surface area contributed by atoms with Gasteiger partial charge in [-0.1, -0.05) is 44.5 Å². The van der Waals surface area contributed by atoms with Crippen LogP contribution in [0.15, 0.2) is 24.3 Å². The van der Waals surface area contributed by atoms with Gasteiger partial charge >= 0.3 is 0 Å². The molecule has 1 N–H and O–H groups in total. The average molecular weight is 232 g/mol. The molecule has 0 aliphatic heterocycles. The van der Waals surface area contributed by atoms with Crippen molar-refractivity contribution in [2.24, 2.45) is 11.8 Å². The number of aliphatic hydroxyl groups is 1. The van der Waals surface area contributed by atoms with Crippen molar-refractivity contribution in [1.82, 2.24) is 0 Å². The zero-order chi connectivity index (χ0) is 12.3. The van der Waals surface area contributed by atoms with Gasteiger partial charge in [0.1, 0.15) is 0 Å². The molecule has 0 bridgehead atoms. The molecule has 1 heteroatoms. The maximum Gasteiger partial charge on any atom is 0.0818 e. The van der Waals surface area contributed by atoms with Crippen LogP contribution >= 0.6 is 0 Å².